The summed E-state index contributed by atoms with van der Waals surface area (Å²) in [6, 6.07) is 2.57. The second-order valence-electron chi connectivity index (χ2n) is 2.69. The zero-order valence-corrected chi connectivity index (χ0v) is 7.52. The molecule has 0 saturated heterocycles. The van der Waals surface area contributed by atoms with Gasteiger partial charge in [0.15, 0.2) is 0 Å². The highest BCUT2D eigenvalue weighted by Gasteiger charge is 1.97. The quantitative estimate of drug-likeness (QED) is 0.618. The monoisotopic (exact) mass is 205 g/mol. The summed E-state index contributed by atoms with van der Waals surface area (Å²) < 4.78 is 0. The third kappa shape index (κ3) is 2.27. The molecule has 0 radical (unpaired) electrons. The Morgan fingerprint density at radius 3 is 1.80 bits per heavy atom. The number of hydrogen-bond acceptors (Lipinski definition) is 5. The van der Waals surface area contributed by atoms with E-state index < -0.39 is 0 Å². The van der Waals surface area contributed by atoms with Crippen molar-refractivity contribution in [3.8, 4) is 0 Å². The zero-order valence-electron chi connectivity index (χ0n) is 7.52. The van der Waals surface area contributed by atoms with E-state index >= 15 is 0 Å². The first-order valence-corrected chi connectivity index (χ1v) is 4.12. The summed E-state index contributed by atoms with van der Waals surface area (Å²) >= 11 is 0. The van der Waals surface area contributed by atoms with Crippen LogP contribution in [0.3, 0.4) is 0 Å². The first kappa shape index (κ1) is 9.13. The molecule has 15 heavy (non-hydrogen) atoms. The van der Waals surface area contributed by atoms with Crippen molar-refractivity contribution in [3.05, 3.63) is 45.2 Å². The van der Waals surface area contributed by atoms with Crippen LogP contribution in [0.4, 0.5) is 11.9 Å². The van der Waals surface area contributed by atoms with E-state index in [1.165, 1.54) is 24.5 Å². The van der Waals surface area contributed by atoms with Gasteiger partial charge < -0.3 is 0 Å². The molecule has 0 unspecified atom stereocenters. The highest BCUT2D eigenvalue weighted by Crippen LogP contribution is 2.00. The third-order valence-electron chi connectivity index (χ3n) is 1.58. The van der Waals surface area contributed by atoms with Crippen molar-refractivity contribution in [2.45, 2.75) is 0 Å². The highest BCUT2D eigenvalue weighted by atomic mass is 16.1. The molecular formula is C8H7N5O2. The molecule has 0 fully saturated rings. The molecule has 0 aliphatic heterocycles. The fourth-order valence-corrected chi connectivity index (χ4v) is 0.979. The van der Waals surface area contributed by atoms with Crippen molar-refractivity contribution in [1.29, 1.82) is 0 Å². The maximum atomic E-state index is 10.9. The molecule has 7 heteroatoms. The lowest BCUT2D eigenvalue weighted by Gasteiger charge is -2.01. The average molecular weight is 205 g/mol. The molecule has 2 aromatic heterocycles. The minimum Gasteiger partial charge on any atom is -0.296 e. The fraction of sp³-hybridized carbons (Fsp3) is 0. The highest BCUT2D eigenvalue weighted by molar-refractivity contribution is 5.40. The number of aromatic nitrogens is 4. The van der Waals surface area contributed by atoms with Crippen LogP contribution in [0.1, 0.15) is 0 Å². The van der Waals surface area contributed by atoms with Crippen LogP contribution in [-0.2, 0) is 0 Å². The van der Waals surface area contributed by atoms with Gasteiger partial charge in [0.25, 0.3) is 11.1 Å². The van der Waals surface area contributed by atoms with Crippen LogP contribution in [0.5, 0.6) is 0 Å². The number of nitrogens with zero attached hydrogens (tertiary/aromatic N) is 2. The number of aromatic amines is 2. The largest absolute Gasteiger partial charge is 0.296 e. The SMILES string of the molecule is O=c1ccnc(Nc2nccc(=O)[nH]2)[nH]1. The van der Waals surface area contributed by atoms with Gasteiger partial charge in [-0.25, -0.2) is 9.97 Å². The Bertz CT molecular complexity index is 522. The van der Waals surface area contributed by atoms with Crippen LogP contribution < -0.4 is 16.4 Å². The number of hydrogen-bond donors (Lipinski definition) is 3. The summed E-state index contributed by atoms with van der Waals surface area (Å²) in [6.45, 7) is 0. The summed E-state index contributed by atoms with van der Waals surface area (Å²) in [4.78, 5) is 34.4. The van der Waals surface area contributed by atoms with E-state index in [0.717, 1.165) is 0 Å². The molecule has 0 spiro atoms. The van der Waals surface area contributed by atoms with E-state index in [0.29, 0.717) is 0 Å². The van der Waals surface area contributed by atoms with Crippen LogP contribution in [0.25, 0.3) is 0 Å². The van der Waals surface area contributed by atoms with E-state index in [9.17, 15) is 9.59 Å². The molecule has 0 atom stereocenters. The Morgan fingerprint density at radius 1 is 0.933 bits per heavy atom. The molecule has 2 rings (SSSR count). The molecule has 3 N–H and O–H groups in total. The van der Waals surface area contributed by atoms with Gasteiger partial charge in [0.1, 0.15) is 0 Å². The molecule has 76 valence electrons. The van der Waals surface area contributed by atoms with E-state index in [4.69, 9.17) is 0 Å². The predicted molar refractivity (Wildman–Crippen MR) is 53.0 cm³/mol. The lowest BCUT2D eigenvalue weighted by molar-refractivity contribution is 1.06. The molecule has 0 saturated carbocycles. The van der Waals surface area contributed by atoms with Gasteiger partial charge in [-0.2, -0.15) is 0 Å². The van der Waals surface area contributed by atoms with Crippen LogP contribution in [0, 0.1) is 0 Å². The van der Waals surface area contributed by atoms with Crippen LogP contribution in [0.15, 0.2) is 34.1 Å². The summed E-state index contributed by atoms with van der Waals surface area (Å²) in [5.74, 6) is 0.439. The lowest BCUT2D eigenvalue weighted by Crippen LogP contribution is -2.12. The Kier molecular flexibility index (Phi) is 2.28. The standard InChI is InChI=1S/C8H7N5O2/c14-5-1-3-9-7(11-5)13-8-10-4-2-6(15)12-8/h1-4H,(H3,9,10,11,12,13,14,15). The first-order chi connectivity index (χ1) is 7.24. The van der Waals surface area contributed by atoms with Gasteiger partial charge in [0.2, 0.25) is 11.9 Å². The van der Waals surface area contributed by atoms with E-state index in [-0.39, 0.29) is 23.0 Å². The van der Waals surface area contributed by atoms with Crippen molar-refractivity contribution >= 4 is 11.9 Å². The van der Waals surface area contributed by atoms with Gasteiger partial charge >= 0.3 is 0 Å². The van der Waals surface area contributed by atoms with Crippen LogP contribution in [-0.4, -0.2) is 19.9 Å². The number of nitrogens with one attached hydrogen (secondary N) is 3. The Morgan fingerprint density at radius 2 is 1.40 bits per heavy atom. The van der Waals surface area contributed by atoms with Crippen LogP contribution in [0.2, 0.25) is 0 Å². The Labute approximate surface area is 83.2 Å². The second-order valence-corrected chi connectivity index (χ2v) is 2.69. The Balaban J connectivity index is 2.29. The second kappa shape index (κ2) is 3.74. The molecule has 0 bridgehead atoms. The maximum absolute atomic E-state index is 10.9. The summed E-state index contributed by atoms with van der Waals surface area (Å²) in [7, 11) is 0. The molecule has 7 nitrogen and oxygen atoms in total. The molecule has 2 aromatic rings. The Hall–Kier alpha value is -2.44. The number of rotatable bonds is 2. The van der Waals surface area contributed by atoms with Gasteiger partial charge in [-0.3, -0.25) is 24.9 Å². The first-order valence-electron chi connectivity index (χ1n) is 4.12. The van der Waals surface area contributed by atoms with Crippen molar-refractivity contribution in [2.75, 3.05) is 5.32 Å². The van der Waals surface area contributed by atoms with E-state index in [2.05, 4.69) is 25.3 Å². The van der Waals surface area contributed by atoms with Gasteiger partial charge in [0, 0.05) is 24.5 Å². The van der Waals surface area contributed by atoms with Crippen molar-refractivity contribution < 1.29 is 0 Å². The van der Waals surface area contributed by atoms with Gasteiger partial charge in [-0.1, -0.05) is 0 Å². The van der Waals surface area contributed by atoms with Gasteiger partial charge in [-0.05, 0) is 0 Å². The van der Waals surface area contributed by atoms with Crippen molar-refractivity contribution in [1.82, 2.24) is 19.9 Å². The van der Waals surface area contributed by atoms with Gasteiger partial charge in [0.05, 0.1) is 0 Å². The predicted octanol–water partition coefficient (Wildman–Crippen LogP) is -0.403. The molecule has 0 aliphatic carbocycles. The van der Waals surface area contributed by atoms with Crippen molar-refractivity contribution in [3.63, 3.8) is 0 Å². The van der Waals surface area contributed by atoms with Crippen molar-refractivity contribution in [2.24, 2.45) is 0 Å². The molecule has 0 aliphatic rings. The summed E-state index contributed by atoms with van der Waals surface area (Å²) in [5, 5.41) is 2.65. The minimum atomic E-state index is -0.286. The third-order valence-corrected chi connectivity index (χ3v) is 1.58. The number of H-pyrrole nitrogens is 2. The van der Waals surface area contributed by atoms with Crippen LogP contribution >= 0.6 is 0 Å². The smallest absolute Gasteiger partial charge is 0.252 e. The summed E-state index contributed by atoms with van der Waals surface area (Å²) in [6.07, 6.45) is 2.70. The van der Waals surface area contributed by atoms with E-state index in [1.807, 2.05) is 0 Å². The molecule has 0 aromatic carbocycles. The zero-order chi connectivity index (χ0) is 10.7. The lowest BCUT2D eigenvalue weighted by atomic mass is 10.6. The number of anilines is 2. The topological polar surface area (TPSA) is 104 Å². The minimum absolute atomic E-state index is 0.219. The molecule has 0 amide bonds. The van der Waals surface area contributed by atoms with E-state index in [1.54, 1.807) is 0 Å². The molecule has 2 heterocycles. The normalized spacial score (nSPS) is 9.87. The maximum Gasteiger partial charge on any atom is 0.252 e. The van der Waals surface area contributed by atoms with Gasteiger partial charge in [-0.15, -0.1) is 0 Å². The molecular weight excluding hydrogens is 198 g/mol. The fourth-order valence-electron chi connectivity index (χ4n) is 0.979. The summed E-state index contributed by atoms with van der Waals surface area (Å²) in [5.41, 5.74) is -0.573. The average Bonchev–Trinajstić information content (AvgIpc) is 2.17.